The molecular weight excluding hydrogens is 205 g/mol. The molecule has 2 N–H and O–H groups in total. The standard InChI is InChI=1S/C10H13ClFNO/c1-14-5-4-10(13)8-3-2-7(12)6-9(8)11/h2-3,6,10H,4-5,13H2,1H3. The van der Waals surface area contributed by atoms with Gasteiger partial charge in [-0.15, -0.1) is 0 Å². The predicted octanol–water partition coefficient (Wildman–Crippen LogP) is 2.52. The molecule has 0 bridgehead atoms. The highest BCUT2D eigenvalue weighted by atomic mass is 35.5. The number of ether oxygens (including phenoxy) is 1. The molecule has 2 nitrogen and oxygen atoms in total. The molecule has 78 valence electrons. The average molecular weight is 218 g/mol. The largest absolute Gasteiger partial charge is 0.385 e. The second-order valence-corrected chi connectivity index (χ2v) is 3.46. The van der Waals surface area contributed by atoms with Crippen LogP contribution in [0.5, 0.6) is 0 Å². The van der Waals surface area contributed by atoms with Crippen molar-refractivity contribution in [2.75, 3.05) is 13.7 Å². The maximum Gasteiger partial charge on any atom is 0.124 e. The van der Waals surface area contributed by atoms with Crippen molar-refractivity contribution < 1.29 is 9.13 Å². The molecule has 0 aliphatic carbocycles. The molecule has 0 saturated carbocycles. The van der Waals surface area contributed by atoms with Gasteiger partial charge in [-0.05, 0) is 24.1 Å². The number of halogens is 2. The molecule has 0 heterocycles. The Morgan fingerprint density at radius 3 is 2.86 bits per heavy atom. The summed E-state index contributed by atoms with van der Waals surface area (Å²) in [6.07, 6.45) is 0.669. The summed E-state index contributed by atoms with van der Waals surface area (Å²) in [5.74, 6) is -0.349. The van der Waals surface area contributed by atoms with E-state index >= 15 is 0 Å². The van der Waals surface area contributed by atoms with Gasteiger partial charge in [0.15, 0.2) is 0 Å². The molecule has 4 heteroatoms. The minimum atomic E-state index is -0.349. The van der Waals surface area contributed by atoms with Gasteiger partial charge in [0.05, 0.1) is 0 Å². The quantitative estimate of drug-likeness (QED) is 0.841. The molecule has 0 aromatic heterocycles. The molecule has 1 aromatic rings. The van der Waals surface area contributed by atoms with Crippen molar-refractivity contribution in [1.29, 1.82) is 0 Å². The highest BCUT2D eigenvalue weighted by molar-refractivity contribution is 6.31. The van der Waals surface area contributed by atoms with Gasteiger partial charge >= 0.3 is 0 Å². The van der Waals surface area contributed by atoms with Gasteiger partial charge in [-0.3, -0.25) is 0 Å². The van der Waals surface area contributed by atoms with Gasteiger partial charge < -0.3 is 10.5 Å². The lowest BCUT2D eigenvalue weighted by atomic mass is 10.1. The number of nitrogens with two attached hydrogens (primary N) is 1. The highest BCUT2D eigenvalue weighted by Crippen LogP contribution is 2.24. The van der Waals surface area contributed by atoms with Gasteiger partial charge in [-0.2, -0.15) is 0 Å². The van der Waals surface area contributed by atoms with Crippen LogP contribution in [0.25, 0.3) is 0 Å². The zero-order valence-corrected chi connectivity index (χ0v) is 8.72. The summed E-state index contributed by atoms with van der Waals surface area (Å²) in [5, 5.41) is 0.369. The minimum Gasteiger partial charge on any atom is -0.385 e. The predicted molar refractivity (Wildman–Crippen MR) is 54.8 cm³/mol. The summed E-state index contributed by atoms with van der Waals surface area (Å²) >= 11 is 5.84. The highest BCUT2D eigenvalue weighted by Gasteiger charge is 2.10. The van der Waals surface area contributed by atoms with E-state index in [1.807, 2.05) is 0 Å². The molecule has 1 atom stereocenters. The van der Waals surface area contributed by atoms with Crippen LogP contribution in [0.3, 0.4) is 0 Å². The van der Waals surface area contributed by atoms with Gasteiger partial charge in [0.25, 0.3) is 0 Å². The lowest BCUT2D eigenvalue weighted by Crippen LogP contribution is -2.13. The molecule has 14 heavy (non-hydrogen) atoms. The van der Waals surface area contributed by atoms with E-state index < -0.39 is 0 Å². The summed E-state index contributed by atoms with van der Waals surface area (Å²) in [5.41, 5.74) is 6.60. The van der Waals surface area contributed by atoms with E-state index in [-0.39, 0.29) is 11.9 Å². The van der Waals surface area contributed by atoms with Gasteiger partial charge in [-0.1, -0.05) is 17.7 Å². The first-order valence-corrected chi connectivity index (χ1v) is 4.72. The fourth-order valence-corrected chi connectivity index (χ4v) is 1.51. The van der Waals surface area contributed by atoms with Crippen molar-refractivity contribution in [2.45, 2.75) is 12.5 Å². The zero-order chi connectivity index (χ0) is 10.6. The third-order valence-electron chi connectivity index (χ3n) is 1.99. The van der Waals surface area contributed by atoms with Crippen molar-refractivity contribution in [3.05, 3.63) is 34.6 Å². The van der Waals surface area contributed by atoms with Crippen molar-refractivity contribution in [1.82, 2.24) is 0 Å². The van der Waals surface area contributed by atoms with Crippen LogP contribution in [0.1, 0.15) is 18.0 Å². The van der Waals surface area contributed by atoms with Crippen LogP contribution in [-0.2, 0) is 4.74 Å². The van der Waals surface area contributed by atoms with Crippen LogP contribution >= 0.6 is 11.6 Å². The third-order valence-corrected chi connectivity index (χ3v) is 2.32. The summed E-state index contributed by atoms with van der Waals surface area (Å²) in [6.45, 7) is 0.564. The fourth-order valence-electron chi connectivity index (χ4n) is 1.20. The lowest BCUT2D eigenvalue weighted by molar-refractivity contribution is 0.188. The normalized spacial score (nSPS) is 12.9. The van der Waals surface area contributed by atoms with E-state index in [9.17, 15) is 4.39 Å². The maximum atomic E-state index is 12.7. The average Bonchev–Trinajstić information content (AvgIpc) is 2.14. The van der Waals surface area contributed by atoms with Gasteiger partial charge in [0.2, 0.25) is 0 Å². The number of hydrogen-bond acceptors (Lipinski definition) is 2. The minimum absolute atomic E-state index is 0.206. The first kappa shape index (κ1) is 11.4. The van der Waals surface area contributed by atoms with Gasteiger partial charge in [-0.25, -0.2) is 4.39 Å². The van der Waals surface area contributed by atoms with E-state index in [4.69, 9.17) is 22.1 Å². The molecule has 0 radical (unpaired) electrons. The van der Waals surface area contributed by atoms with Crippen LogP contribution < -0.4 is 5.73 Å². The fraction of sp³-hybridized carbons (Fsp3) is 0.400. The first-order valence-electron chi connectivity index (χ1n) is 4.34. The molecule has 1 rings (SSSR count). The molecule has 0 saturated heterocycles. The number of rotatable bonds is 4. The molecule has 0 aliphatic heterocycles. The summed E-state index contributed by atoms with van der Waals surface area (Å²) in [7, 11) is 1.61. The topological polar surface area (TPSA) is 35.2 Å². The summed E-state index contributed by atoms with van der Waals surface area (Å²) in [6, 6.07) is 4.03. The Morgan fingerprint density at radius 1 is 1.57 bits per heavy atom. The van der Waals surface area contributed by atoms with Crippen molar-refractivity contribution >= 4 is 11.6 Å². The maximum absolute atomic E-state index is 12.7. The zero-order valence-electron chi connectivity index (χ0n) is 7.97. The molecule has 0 spiro atoms. The molecule has 1 aromatic carbocycles. The van der Waals surface area contributed by atoms with Crippen LogP contribution in [0.15, 0.2) is 18.2 Å². The molecule has 0 fully saturated rings. The molecule has 0 aliphatic rings. The van der Waals surface area contributed by atoms with E-state index in [1.165, 1.54) is 12.1 Å². The first-order chi connectivity index (χ1) is 6.65. The lowest BCUT2D eigenvalue weighted by Gasteiger charge is -2.12. The number of hydrogen-bond donors (Lipinski definition) is 1. The molecule has 0 amide bonds. The number of benzene rings is 1. The van der Waals surface area contributed by atoms with Gasteiger partial charge in [0.1, 0.15) is 5.82 Å². The van der Waals surface area contributed by atoms with E-state index in [0.717, 1.165) is 5.56 Å². The molecule has 1 unspecified atom stereocenters. The SMILES string of the molecule is COCCC(N)c1ccc(F)cc1Cl. The van der Waals surface area contributed by atoms with Crippen LogP contribution in [0.2, 0.25) is 5.02 Å². The van der Waals surface area contributed by atoms with E-state index in [2.05, 4.69) is 0 Å². The van der Waals surface area contributed by atoms with E-state index in [1.54, 1.807) is 13.2 Å². The second kappa shape index (κ2) is 5.29. The van der Waals surface area contributed by atoms with Crippen molar-refractivity contribution in [3.8, 4) is 0 Å². The second-order valence-electron chi connectivity index (χ2n) is 3.05. The van der Waals surface area contributed by atoms with Crippen molar-refractivity contribution in [2.24, 2.45) is 5.73 Å². The summed E-state index contributed by atoms with van der Waals surface area (Å²) < 4.78 is 17.6. The Morgan fingerprint density at radius 2 is 2.29 bits per heavy atom. The Bertz CT molecular complexity index is 306. The van der Waals surface area contributed by atoms with Crippen LogP contribution in [0, 0.1) is 5.82 Å². The van der Waals surface area contributed by atoms with Crippen LogP contribution in [0.4, 0.5) is 4.39 Å². The van der Waals surface area contributed by atoms with E-state index in [0.29, 0.717) is 18.1 Å². The Hall–Kier alpha value is -0.640. The number of methoxy groups -OCH3 is 1. The van der Waals surface area contributed by atoms with Crippen LogP contribution in [-0.4, -0.2) is 13.7 Å². The molecular formula is C10H13ClFNO. The monoisotopic (exact) mass is 217 g/mol. The Balaban J connectivity index is 2.74. The van der Waals surface area contributed by atoms with Crippen molar-refractivity contribution in [3.63, 3.8) is 0 Å². The smallest absolute Gasteiger partial charge is 0.124 e. The summed E-state index contributed by atoms with van der Waals surface area (Å²) in [4.78, 5) is 0. The third kappa shape index (κ3) is 2.94. The Kier molecular flexibility index (Phi) is 4.32. The Labute approximate surface area is 87.8 Å². The van der Waals surface area contributed by atoms with Gasteiger partial charge in [0, 0.05) is 24.8 Å².